The van der Waals surface area contributed by atoms with Crippen LogP contribution in [0.25, 0.3) is 11.0 Å². The molecule has 3 rings (SSSR count). The quantitative estimate of drug-likeness (QED) is 0.751. The zero-order chi connectivity index (χ0) is 16.2. The standard InChI is InChI=1S/C18H15NO4/c1-21-14-7-8-15-13(9-17(19)23-16(15)10-14)11-22-18(20)12-5-3-2-4-6-12/h2-10,19H,11H2,1H3. The van der Waals surface area contributed by atoms with Crippen molar-refractivity contribution < 1.29 is 18.7 Å². The van der Waals surface area contributed by atoms with Crippen LogP contribution in [0.2, 0.25) is 0 Å². The molecule has 0 bridgehead atoms. The molecule has 5 nitrogen and oxygen atoms in total. The fourth-order valence-corrected chi connectivity index (χ4v) is 2.28. The van der Waals surface area contributed by atoms with Gasteiger partial charge in [0.15, 0.2) is 0 Å². The van der Waals surface area contributed by atoms with Crippen molar-refractivity contribution in [3.05, 3.63) is 71.3 Å². The number of fused-ring (bicyclic) bond motifs is 1. The van der Waals surface area contributed by atoms with Crippen molar-refractivity contribution >= 4 is 16.9 Å². The summed E-state index contributed by atoms with van der Waals surface area (Å²) < 4.78 is 15.9. The molecule has 1 heterocycles. The summed E-state index contributed by atoms with van der Waals surface area (Å²) in [6.07, 6.45) is 0. The molecule has 0 spiro atoms. The topological polar surface area (TPSA) is 72.5 Å². The van der Waals surface area contributed by atoms with E-state index in [1.807, 2.05) is 12.1 Å². The van der Waals surface area contributed by atoms with E-state index in [0.717, 1.165) is 5.39 Å². The van der Waals surface area contributed by atoms with Gasteiger partial charge in [0.25, 0.3) is 0 Å². The summed E-state index contributed by atoms with van der Waals surface area (Å²) in [7, 11) is 1.56. The number of ether oxygens (including phenoxy) is 2. The van der Waals surface area contributed by atoms with E-state index in [0.29, 0.717) is 22.5 Å². The summed E-state index contributed by atoms with van der Waals surface area (Å²) in [5.41, 5.74) is 1.72. The van der Waals surface area contributed by atoms with E-state index < -0.39 is 5.97 Å². The third kappa shape index (κ3) is 3.23. The van der Waals surface area contributed by atoms with Crippen molar-refractivity contribution in [1.82, 2.24) is 0 Å². The van der Waals surface area contributed by atoms with Gasteiger partial charge in [0.05, 0.1) is 12.7 Å². The first-order valence-electron chi connectivity index (χ1n) is 7.05. The van der Waals surface area contributed by atoms with Gasteiger partial charge >= 0.3 is 5.97 Å². The molecule has 0 atom stereocenters. The van der Waals surface area contributed by atoms with E-state index in [2.05, 4.69) is 0 Å². The Morgan fingerprint density at radius 2 is 1.91 bits per heavy atom. The second-order valence-electron chi connectivity index (χ2n) is 4.94. The van der Waals surface area contributed by atoms with E-state index >= 15 is 0 Å². The van der Waals surface area contributed by atoms with E-state index in [1.165, 1.54) is 0 Å². The molecule has 0 radical (unpaired) electrons. The van der Waals surface area contributed by atoms with E-state index in [9.17, 15) is 4.79 Å². The van der Waals surface area contributed by atoms with Gasteiger partial charge in [-0.3, -0.25) is 5.41 Å². The van der Waals surface area contributed by atoms with Crippen molar-refractivity contribution in [2.45, 2.75) is 6.61 Å². The molecular formula is C18H15NO4. The lowest BCUT2D eigenvalue weighted by Crippen LogP contribution is -2.08. The highest BCUT2D eigenvalue weighted by Gasteiger charge is 2.10. The van der Waals surface area contributed by atoms with Crippen LogP contribution in [-0.2, 0) is 11.3 Å². The third-order valence-electron chi connectivity index (χ3n) is 3.43. The predicted molar refractivity (Wildman–Crippen MR) is 84.2 cm³/mol. The lowest BCUT2D eigenvalue weighted by Gasteiger charge is -2.08. The molecule has 5 heteroatoms. The average Bonchev–Trinajstić information content (AvgIpc) is 2.59. The van der Waals surface area contributed by atoms with Crippen LogP contribution in [0.4, 0.5) is 0 Å². The number of rotatable bonds is 4. The predicted octanol–water partition coefficient (Wildman–Crippen LogP) is 3.28. The normalized spacial score (nSPS) is 10.5. The molecule has 0 aliphatic carbocycles. The Hall–Kier alpha value is -3.08. The smallest absolute Gasteiger partial charge is 0.338 e. The van der Waals surface area contributed by atoms with E-state index in [1.54, 1.807) is 49.6 Å². The monoisotopic (exact) mass is 309 g/mol. The maximum atomic E-state index is 12.0. The Kier molecular flexibility index (Phi) is 4.10. The van der Waals surface area contributed by atoms with Crippen molar-refractivity contribution in [1.29, 1.82) is 5.41 Å². The lowest BCUT2D eigenvalue weighted by molar-refractivity contribution is 0.0473. The molecule has 0 amide bonds. The highest BCUT2D eigenvalue weighted by molar-refractivity contribution is 5.89. The van der Waals surface area contributed by atoms with Crippen LogP contribution in [0.1, 0.15) is 15.9 Å². The van der Waals surface area contributed by atoms with Crippen LogP contribution in [-0.4, -0.2) is 13.1 Å². The maximum Gasteiger partial charge on any atom is 0.338 e. The Balaban J connectivity index is 1.88. The molecule has 3 aromatic rings. The Bertz CT molecular complexity index is 900. The number of hydrogen-bond donors (Lipinski definition) is 1. The fourth-order valence-electron chi connectivity index (χ4n) is 2.28. The summed E-state index contributed by atoms with van der Waals surface area (Å²) in [5, 5.41) is 8.53. The van der Waals surface area contributed by atoms with Gasteiger partial charge in [-0.1, -0.05) is 18.2 Å². The van der Waals surface area contributed by atoms with Crippen LogP contribution >= 0.6 is 0 Å². The second-order valence-corrected chi connectivity index (χ2v) is 4.94. The van der Waals surface area contributed by atoms with Crippen LogP contribution < -0.4 is 10.3 Å². The summed E-state index contributed by atoms with van der Waals surface area (Å²) >= 11 is 0. The highest BCUT2D eigenvalue weighted by atomic mass is 16.5. The summed E-state index contributed by atoms with van der Waals surface area (Å²) in [4.78, 5) is 12.0. The van der Waals surface area contributed by atoms with Crippen LogP contribution in [0.15, 0.2) is 59.0 Å². The molecule has 0 saturated carbocycles. The molecule has 0 unspecified atom stereocenters. The van der Waals surface area contributed by atoms with E-state index in [4.69, 9.17) is 19.3 Å². The first kappa shape index (κ1) is 14.8. The molecule has 0 aliphatic heterocycles. The van der Waals surface area contributed by atoms with Crippen molar-refractivity contribution in [3.63, 3.8) is 0 Å². The van der Waals surface area contributed by atoms with Gasteiger partial charge in [0.1, 0.15) is 17.9 Å². The Labute approximate surface area is 132 Å². The van der Waals surface area contributed by atoms with Gasteiger partial charge in [0.2, 0.25) is 5.55 Å². The molecule has 1 aromatic heterocycles. The van der Waals surface area contributed by atoms with Crippen molar-refractivity contribution in [3.8, 4) is 5.75 Å². The molecule has 116 valence electrons. The number of methoxy groups -OCH3 is 1. The van der Waals surface area contributed by atoms with Crippen LogP contribution in [0.3, 0.4) is 0 Å². The minimum absolute atomic E-state index is 0.00323. The van der Waals surface area contributed by atoms with Gasteiger partial charge in [-0.05, 0) is 24.3 Å². The third-order valence-corrected chi connectivity index (χ3v) is 3.43. The number of benzene rings is 2. The fraction of sp³-hybridized carbons (Fsp3) is 0.111. The lowest BCUT2D eigenvalue weighted by atomic mass is 10.1. The van der Waals surface area contributed by atoms with Gasteiger partial charge in [0, 0.05) is 23.1 Å². The maximum absolute atomic E-state index is 12.0. The first-order chi connectivity index (χ1) is 11.2. The Morgan fingerprint density at radius 1 is 1.13 bits per heavy atom. The number of carbonyl (C=O) groups excluding carboxylic acids is 1. The summed E-state index contributed by atoms with van der Waals surface area (Å²) in [5.74, 6) is 0.235. The average molecular weight is 309 g/mol. The number of carbonyl (C=O) groups is 1. The van der Waals surface area contributed by atoms with Crippen LogP contribution in [0, 0.1) is 5.41 Å². The largest absolute Gasteiger partial charge is 0.497 e. The van der Waals surface area contributed by atoms with Crippen molar-refractivity contribution in [2.75, 3.05) is 7.11 Å². The molecule has 2 aromatic carbocycles. The minimum atomic E-state index is -0.403. The molecular weight excluding hydrogens is 294 g/mol. The molecule has 0 fully saturated rings. The van der Waals surface area contributed by atoms with Gasteiger partial charge in [-0.15, -0.1) is 0 Å². The van der Waals surface area contributed by atoms with Crippen LogP contribution in [0.5, 0.6) is 5.75 Å². The van der Waals surface area contributed by atoms with Gasteiger partial charge < -0.3 is 13.9 Å². The number of nitrogens with one attached hydrogen (secondary N) is 1. The van der Waals surface area contributed by atoms with Gasteiger partial charge in [-0.2, -0.15) is 0 Å². The molecule has 1 N–H and O–H groups in total. The molecule has 23 heavy (non-hydrogen) atoms. The van der Waals surface area contributed by atoms with Crippen molar-refractivity contribution in [2.24, 2.45) is 0 Å². The van der Waals surface area contributed by atoms with E-state index in [-0.39, 0.29) is 12.2 Å². The number of esters is 1. The zero-order valence-corrected chi connectivity index (χ0v) is 12.5. The second kappa shape index (κ2) is 6.36. The zero-order valence-electron chi connectivity index (χ0n) is 12.5. The Morgan fingerprint density at radius 3 is 2.65 bits per heavy atom. The first-order valence-corrected chi connectivity index (χ1v) is 7.05. The summed E-state index contributed by atoms with van der Waals surface area (Å²) in [6.45, 7) is 0.0683. The SMILES string of the molecule is COc1ccc2c(COC(=O)c3ccccc3)cc(=N)oc2c1. The minimum Gasteiger partial charge on any atom is -0.497 e. The molecule has 0 saturated heterocycles. The number of hydrogen-bond acceptors (Lipinski definition) is 5. The highest BCUT2D eigenvalue weighted by Crippen LogP contribution is 2.23. The van der Waals surface area contributed by atoms with Gasteiger partial charge in [-0.25, -0.2) is 4.79 Å². The summed E-state index contributed by atoms with van der Waals surface area (Å²) in [6, 6.07) is 15.7. The molecule has 0 aliphatic rings.